The van der Waals surface area contributed by atoms with Crippen molar-refractivity contribution in [1.29, 1.82) is 0 Å². The van der Waals surface area contributed by atoms with Crippen LogP contribution in [0.5, 0.6) is 0 Å². The van der Waals surface area contributed by atoms with Crippen molar-refractivity contribution in [3.63, 3.8) is 0 Å². The number of ether oxygens (including phenoxy) is 1. The van der Waals surface area contributed by atoms with Crippen LogP contribution < -0.4 is 5.73 Å². The number of aryl methyl sites for hydroxylation is 1. The summed E-state index contributed by atoms with van der Waals surface area (Å²) in [6.45, 7) is 3.94. The first-order valence-corrected chi connectivity index (χ1v) is 7.03. The lowest BCUT2D eigenvalue weighted by Crippen LogP contribution is -2.17. The molecule has 1 unspecified atom stereocenters. The zero-order chi connectivity index (χ0) is 13.7. The van der Waals surface area contributed by atoms with Crippen LogP contribution in [0, 0.1) is 0 Å². The highest BCUT2D eigenvalue weighted by atomic mass is 16.5. The Hall–Kier alpha value is -1.32. The molecule has 0 amide bonds. The number of hydrogen-bond acceptors (Lipinski definition) is 2. The Kier molecular flexibility index (Phi) is 5.00. The number of aromatic nitrogens is 1. The van der Waals surface area contributed by atoms with Gasteiger partial charge in [0.2, 0.25) is 0 Å². The lowest BCUT2D eigenvalue weighted by atomic mass is 10.1. The highest BCUT2D eigenvalue weighted by Crippen LogP contribution is 2.19. The summed E-state index contributed by atoms with van der Waals surface area (Å²) in [4.78, 5) is 0. The van der Waals surface area contributed by atoms with Gasteiger partial charge >= 0.3 is 0 Å². The second-order valence-electron chi connectivity index (χ2n) is 5.28. The maximum atomic E-state index is 5.87. The summed E-state index contributed by atoms with van der Waals surface area (Å²) in [5, 5.41) is 1.31. The Morgan fingerprint density at radius 1 is 1.26 bits per heavy atom. The molecule has 0 saturated heterocycles. The zero-order valence-electron chi connectivity index (χ0n) is 11.9. The molecule has 1 aromatic carbocycles. The van der Waals surface area contributed by atoms with Gasteiger partial charge in [-0.3, -0.25) is 0 Å². The highest BCUT2D eigenvalue weighted by Gasteiger charge is 2.04. The fraction of sp³-hybridized carbons (Fsp3) is 0.500. The third-order valence-electron chi connectivity index (χ3n) is 3.39. The highest BCUT2D eigenvalue weighted by molar-refractivity contribution is 5.80. The van der Waals surface area contributed by atoms with E-state index in [1.807, 2.05) is 6.92 Å². The second-order valence-corrected chi connectivity index (χ2v) is 5.28. The van der Waals surface area contributed by atoms with Crippen molar-refractivity contribution in [2.75, 3.05) is 13.7 Å². The van der Waals surface area contributed by atoms with Crippen molar-refractivity contribution < 1.29 is 4.74 Å². The molecule has 0 radical (unpaired) electrons. The number of unbranched alkanes of at least 4 members (excludes halogenated alkanes) is 1. The predicted octanol–water partition coefficient (Wildman–Crippen LogP) is 2.96. The molecule has 2 rings (SSSR count). The van der Waals surface area contributed by atoms with Gasteiger partial charge in [-0.15, -0.1) is 0 Å². The SMILES string of the molecule is COCCCCn1ccc2ccc(CC(C)N)cc21. The van der Waals surface area contributed by atoms with Crippen molar-refractivity contribution in [2.24, 2.45) is 5.73 Å². The fourth-order valence-corrected chi connectivity index (χ4v) is 2.45. The van der Waals surface area contributed by atoms with E-state index >= 15 is 0 Å². The standard InChI is InChI=1S/C16H24N2O/c1-13(17)11-14-5-6-15-7-9-18(16(15)12-14)8-3-4-10-19-2/h5-7,9,12-13H,3-4,8,10-11,17H2,1-2H3. The maximum absolute atomic E-state index is 5.87. The molecule has 0 saturated carbocycles. The molecule has 1 aromatic heterocycles. The molecule has 0 spiro atoms. The number of rotatable bonds is 7. The lowest BCUT2D eigenvalue weighted by Gasteiger charge is -2.08. The molecule has 1 heterocycles. The third kappa shape index (κ3) is 3.82. The summed E-state index contributed by atoms with van der Waals surface area (Å²) in [6.07, 6.45) is 5.36. The first-order chi connectivity index (χ1) is 9.20. The van der Waals surface area contributed by atoms with Crippen LogP contribution in [0.3, 0.4) is 0 Å². The first-order valence-electron chi connectivity index (χ1n) is 7.03. The van der Waals surface area contributed by atoms with Crippen molar-refractivity contribution in [3.8, 4) is 0 Å². The van der Waals surface area contributed by atoms with E-state index in [1.54, 1.807) is 7.11 Å². The molecule has 0 aliphatic heterocycles. The molecule has 3 heteroatoms. The number of nitrogens with zero attached hydrogens (tertiary/aromatic N) is 1. The van der Waals surface area contributed by atoms with Gasteiger partial charge in [-0.2, -0.15) is 0 Å². The number of nitrogens with two attached hydrogens (primary N) is 1. The number of methoxy groups -OCH3 is 1. The maximum Gasteiger partial charge on any atom is 0.0483 e. The van der Waals surface area contributed by atoms with Crippen molar-refractivity contribution >= 4 is 10.9 Å². The van der Waals surface area contributed by atoms with Gasteiger partial charge in [-0.1, -0.05) is 12.1 Å². The summed E-state index contributed by atoms with van der Waals surface area (Å²) in [5.74, 6) is 0. The fourth-order valence-electron chi connectivity index (χ4n) is 2.45. The lowest BCUT2D eigenvalue weighted by molar-refractivity contribution is 0.191. The topological polar surface area (TPSA) is 40.2 Å². The Morgan fingerprint density at radius 3 is 2.84 bits per heavy atom. The van der Waals surface area contributed by atoms with Gasteiger partial charge in [0, 0.05) is 38.0 Å². The first kappa shape index (κ1) is 14.1. The third-order valence-corrected chi connectivity index (χ3v) is 3.39. The minimum atomic E-state index is 0.211. The Labute approximate surface area is 115 Å². The Bertz CT molecular complexity index is 516. The van der Waals surface area contributed by atoms with Gasteiger partial charge in [0.1, 0.15) is 0 Å². The molecule has 19 heavy (non-hydrogen) atoms. The van der Waals surface area contributed by atoms with Crippen LogP contribution in [0.1, 0.15) is 25.3 Å². The molecule has 104 valence electrons. The van der Waals surface area contributed by atoms with Gasteiger partial charge < -0.3 is 15.0 Å². The van der Waals surface area contributed by atoms with Gasteiger partial charge in [-0.05, 0) is 49.3 Å². The van der Waals surface area contributed by atoms with E-state index in [1.165, 1.54) is 16.5 Å². The minimum Gasteiger partial charge on any atom is -0.385 e. The Balaban J connectivity index is 2.10. The van der Waals surface area contributed by atoms with Gasteiger partial charge in [0.15, 0.2) is 0 Å². The normalized spacial score (nSPS) is 13.0. The van der Waals surface area contributed by atoms with Crippen LogP contribution in [-0.2, 0) is 17.7 Å². The summed E-state index contributed by atoms with van der Waals surface area (Å²) < 4.78 is 7.42. The smallest absolute Gasteiger partial charge is 0.0483 e. The molecule has 0 aliphatic carbocycles. The summed E-state index contributed by atoms with van der Waals surface area (Å²) >= 11 is 0. The van der Waals surface area contributed by atoms with Crippen molar-refractivity contribution in [1.82, 2.24) is 4.57 Å². The molecule has 0 fully saturated rings. The van der Waals surface area contributed by atoms with Crippen molar-refractivity contribution in [3.05, 3.63) is 36.0 Å². The van der Waals surface area contributed by atoms with Crippen LogP contribution in [0.15, 0.2) is 30.5 Å². The summed E-state index contributed by atoms with van der Waals surface area (Å²) in [6, 6.07) is 9.04. The van der Waals surface area contributed by atoms with E-state index in [2.05, 4.69) is 35.0 Å². The van der Waals surface area contributed by atoms with E-state index in [0.717, 1.165) is 32.4 Å². The quantitative estimate of drug-likeness (QED) is 0.777. The van der Waals surface area contributed by atoms with E-state index in [-0.39, 0.29) is 6.04 Å². The molecule has 2 aromatic rings. The van der Waals surface area contributed by atoms with E-state index < -0.39 is 0 Å². The average Bonchev–Trinajstić information content (AvgIpc) is 2.77. The molecular weight excluding hydrogens is 236 g/mol. The van der Waals surface area contributed by atoms with E-state index in [0.29, 0.717) is 0 Å². The van der Waals surface area contributed by atoms with Gasteiger partial charge in [-0.25, -0.2) is 0 Å². The van der Waals surface area contributed by atoms with Crippen LogP contribution in [0.25, 0.3) is 10.9 Å². The summed E-state index contributed by atoms with van der Waals surface area (Å²) in [7, 11) is 1.76. The second kappa shape index (κ2) is 6.73. The number of hydrogen-bond donors (Lipinski definition) is 1. The predicted molar refractivity (Wildman–Crippen MR) is 80.4 cm³/mol. The van der Waals surface area contributed by atoms with Crippen LogP contribution in [0.2, 0.25) is 0 Å². The number of fused-ring (bicyclic) bond motifs is 1. The molecule has 1 atom stereocenters. The largest absolute Gasteiger partial charge is 0.385 e. The van der Waals surface area contributed by atoms with Gasteiger partial charge in [0.25, 0.3) is 0 Å². The molecule has 0 bridgehead atoms. The molecule has 0 aliphatic rings. The van der Waals surface area contributed by atoms with Crippen LogP contribution in [0.4, 0.5) is 0 Å². The monoisotopic (exact) mass is 260 g/mol. The van der Waals surface area contributed by atoms with Crippen LogP contribution >= 0.6 is 0 Å². The number of benzene rings is 1. The zero-order valence-corrected chi connectivity index (χ0v) is 11.9. The van der Waals surface area contributed by atoms with Crippen LogP contribution in [-0.4, -0.2) is 24.3 Å². The van der Waals surface area contributed by atoms with Crippen molar-refractivity contribution in [2.45, 2.75) is 38.8 Å². The molecule has 3 nitrogen and oxygen atoms in total. The molecular formula is C16H24N2O. The van der Waals surface area contributed by atoms with Gasteiger partial charge in [0.05, 0.1) is 0 Å². The average molecular weight is 260 g/mol. The summed E-state index contributed by atoms with van der Waals surface area (Å²) in [5.41, 5.74) is 8.51. The van der Waals surface area contributed by atoms with E-state index in [9.17, 15) is 0 Å². The molecule has 2 N–H and O–H groups in total. The minimum absolute atomic E-state index is 0.211. The Morgan fingerprint density at radius 2 is 2.11 bits per heavy atom. The van der Waals surface area contributed by atoms with E-state index in [4.69, 9.17) is 10.5 Å².